The summed E-state index contributed by atoms with van der Waals surface area (Å²) in [5.74, 6) is 0.955. The normalized spacial score (nSPS) is 17.3. The molecule has 1 aliphatic rings. The molecule has 0 bridgehead atoms. The molecular formula is C16H25NO5S. The predicted octanol–water partition coefficient (Wildman–Crippen LogP) is 1.76. The van der Waals surface area contributed by atoms with Gasteiger partial charge in [0.1, 0.15) is 5.75 Å². The molecule has 2 rings (SSSR count). The molecule has 0 atom stereocenters. The number of piperidine rings is 1. The Bertz CT molecular complexity index is 582. The third kappa shape index (κ3) is 4.91. The minimum atomic E-state index is -3.45. The van der Waals surface area contributed by atoms with Gasteiger partial charge in [-0.25, -0.2) is 8.42 Å². The number of nitrogens with zero attached hydrogens (tertiary/aromatic N) is 1. The molecule has 0 saturated carbocycles. The van der Waals surface area contributed by atoms with Crippen molar-refractivity contribution in [2.45, 2.75) is 17.7 Å². The van der Waals surface area contributed by atoms with Gasteiger partial charge in [-0.3, -0.25) is 0 Å². The zero-order valence-corrected chi connectivity index (χ0v) is 14.5. The van der Waals surface area contributed by atoms with Gasteiger partial charge in [0.25, 0.3) is 0 Å². The van der Waals surface area contributed by atoms with Gasteiger partial charge in [0, 0.05) is 32.9 Å². The van der Waals surface area contributed by atoms with Gasteiger partial charge >= 0.3 is 0 Å². The molecule has 0 unspecified atom stereocenters. The smallest absolute Gasteiger partial charge is 0.243 e. The van der Waals surface area contributed by atoms with Crippen LogP contribution in [0, 0.1) is 5.92 Å². The first-order valence-electron chi connectivity index (χ1n) is 7.79. The summed E-state index contributed by atoms with van der Waals surface area (Å²) in [5, 5.41) is 0. The summed E-state index contributed by atoms with van der Waals surface area (Å²) < 4.78 is 42.5. The first-order chi connectivity index (χ1) is 11.1. The van der Waals surface area contributed by atoms with Gasteiger partial charge in [0.05, 0.1) is 25.2 Å². The topological polar surface area (TPSA) is 65.1 Å². The largest absolute Gasteiger partial charge is 0.497 e. The minimum Gasteiger partial charge on any atom is -0.497 e. The van der Waals surface area contributed by atoms with Crippen LogP contribution in [-0.4, -0.2) is 59.9 Å². The highest BCUT2D eigenvalue weighted by Gasteiger charge is 2.29. The Kier molecular flexibility index (Phi) is 6.83. The summed E-state index contributed by atoms with van der Waals surface area (Å²) in [6.45, 7) is 2.88. The van der Waals surface area contributed by atoms with Crippen molar-refractivity contribution in [3.05, 3.63) is 24.3 Å². The summed E-state index contributed by atoms with van der Waals surface area (Å²) in [6.07, 6.45) is 1.63. The Hall–Kier alpha value is -1.15. The van der Waals surface area contributed by atoms with Crippen molar-refractivity contribution < 1.29 is 22.6 Å². The molecule has 0 aromatic heterocycles. The van der Waals surface area contributed by atoms with Crippen molar-refractivity contribution in [2.75, 3.05) is 47.1 Å². The number of sulfonamides is 1. The Morgan fingerprint density at radius 2 is 1.91 bits per heavy atom. The van der Waals surface area contributed by atoms with Crippen molar-refractivity contribution in [2.24, 2.45) is 5.92 Å². The van der Waals surface area contributed by atoms with E-state index in [1.165, 1.54) is 7.11 Å². The molecule has 0 N–H and O–H groups in total. The van der Waals surface area contributed by atoms with Gasteiger partial charge in [0.15, 0.2) is 0 Å². The quantitative estimate of drug-likeness (QED) is 0.673. The molecule has 1 aliphatic heterocycles. The Morgan fingerprint density at radius 3 is 2.57 bits per heavy atom. The molecule has 0 aliphatic carbocycles. The zero-order chi connectivity index (χ0) is 16.7. The van der Waals surface area contributed by atoms with Crippen molar-refractivity contribution in [1.82, 2.24) is 4.31 Å². The standard InChI is InChI=1S/C16H25NO5S/c1-20-10-11-22-13-14-6-8-17(9-7-14)23(18,19)16-5-3-4-15(12-16)21-2/h3-5,12,14H,6-11,13H2,1-2H3. The van der Waals surface area contributed by atoms with Crippen LogP contribution in [0.15, 0.2) is 29.2 Å². The van der Waals surface area contributed by atoms with Crippen LogP contribution in [-0.2, 0) is 19.5 Å². The van der Waals surface area contributed by atoms with E-state index in [0.717, 1.165) is 12.8 Å². The number of methoxy groups -OCH3 is 2. The van der Waals surface area contributed by atoms with Crippen LogP contribution in [0.1, 0.15) is 12.8 Å². The SMILES string of the molecule is COCCOCC1CCN(S(=O)(=O)c2cccc(OC)c2)CC1. The average molecular weight is 343 g/mol. The molecule has 0 spiro atoms. The fourth-order valence-electron chi connectivity index (χ4n) is 2.62. The third-order valence-electron chi connectivity index (χ3n) is 4.04. The molecule has 1 aromatic carbocycles. The number of hydrogen-bond acceptors (Lipinski definition) is 5. The Morgan fingerprint density at radius 1 is 1.17 bits per heavy atom. The van der Waals surface area contributed by atoms with Gasteiger partial charge in [-0.1, -0.05) is 6.07 Å². The fourth-order valence-corrected chi connectivity index (χ4v) is 4.12. The van der Waals surface area contributed by atoms with E-state index >= 15 is 0 Å². The van der Waals surface area contributed by atoms with Crippen molar-refractivity contribution in [3.63, 3.8) is 0 Å². The maximum absolute atomic E-state index is 12.7. The van der Waals surface area contributed by atoms with Crippen molar-refractivity contribution in [3.8, 4) is 5.75 Å². The van der Waals surface area contributed by atoms with Gasteiger partial charge in [-0.2, -0.15) is 4.31 Å². The van der Waals surface area contributed by atoms with E-state index in [1.807, 2.05) is 0 Å². The highest BCUT2D eigenvalue weighted by molar-refractivity contribution is 7.89. The number of hydrogen-bond donors (Lipinski definition) is 0. The lowest BCUT2D eigenvalue weighted by molar-refractivity contribution is 0.0410. The van der Waals surface area contributed by atoms with E-state index in [-0.39, 0.29) is 4.90 Å². The summed E-state index contributed by atoms with van der Waals surface area (Å²) >= 11 is 0. The molecule has 1 aromatic rings. The first-order valence-corrected chi connectivity index (χ1v) is 9.23. The van der Waals surface area contributed by atoms with Crippen LogP contribution in [0.4, 0.5) is 0 Å². The lowest BCUT2D eigenvalue weighted by Gasteiger charge is -2.31. The highest BCUT2D eigenvalue weighted by Crippen LogP contribution is 2.25. The van der Waals surface area contributed by atoms with Crippen molar-refractivity contribution in [1.29, 1.82) is 0 Å². The third-order valence-corrected chi connectivity index (χ3v) is 5.93. The van der Waals surface area contributed by atoms with Gasteiger partial charge in [0.2, 0.25) is 10.0 Å². The summed E-state index contributed by atoms with van der Waals surface area (Å²) in [4.78, 5) is 0.284. The highest BCUT2D eigenvalue weighted by atomic mass is 32.2. The fraction of sp³-hybridized carbons (Fsp3) is 0.625. The molecule has 1 saturated heterocycles. The second-order valence-corrected chi connectivity index (χ2v) is 7.53. The van der Waals surface area contributed by atoms with Gasteiger partial charge in [-0.15, -0.1) is 0 Å². The summed E-state index contributed by atoms with van der Waals surface area (Å²) in [5.41, 5.74) is 0. The minimum absolute atomic E-state index is 0.284. The van der Waals surface area contributed by atoms with Crippen LogP contribution in [0.5, 0.6) is 5.75 Å². The van der Waals surface area contributed by atoms with E-state index in [0.29, 0.717) is 44.6 Å². The molecule has 1 heterocycles. The van der Waals surface area contributed by atoms with Crippen molar-refractivity contribution >= 4 is 10.0 Å². The van der Waals surface area contributed by atoms with Gasteiger partial charge in [-0.05, 0) is 30.9 Å². The molecule has 6 nitrogen and oxygen atoms in total. The molecule has 1 fully saturated rings. The second-order valence-electron chi connectivity index (χ2n) is 5.59. The van der Waals surface area contributed by atoms with Crippen LogP contribution in [0.2, 0.25) is 0 Å². The van der Waals surface area contributed by atoms with E-state index in [2.05, 4.69) is 0 Å². The lowest BCUT2D eigenvalue weighted by atomic mass is 9.99. The second kappa shape index (κ2) is 8.63. The van der Waals surface area contributed by atoms with Crippen LogP contribution in [0.3, 0.4) is 0 Å². The number of rotatable bonds is 8. The zero-order valence-electron chi connectivity index (χ0n) is 13.7. The monoisotopic (exact) mass is 343 g/mol. The van der Waals surface area contributed by atoms with E-state index < -0.39 is 10.0 Å². The maximum Gasteiger partial charge on any atom is 0.243 e. The number of ether oxygens (including phenoxy) is 3. The maximum atomic E-state index is 12.7. The molecule has 130 valence electrons. The molecule has 0 amide bonds. The van der Waals surface area contributed by atoms with E-state index in [4.69, 9.17) is 14.2 Å². The summed E-state index contributed by atoms with van der Waals surface area (Å²) in [7, 11) is -0.282. The Labute approximate surface area is 138 Å². The average Bonchev–Trinajstić information content (AvgIpc) is 2.59. The van der Waals surface area contributed by atoms with Gasteiger partial charge < -0.3 is 14.2 Å². The van der Waals surface area contributed by atoms with E-state index in [9.17, 15) is 8.42 Å². The molecular weight excluding hydrogens is 318 g/mol. The van der Waals surface area contributed by atoms with E-state index in [1.54, 1.807) is 35.7 Å². The van der Waals surface area contributed by atoms with Crippen LogP contribution < -0.4 is 4.74 Å². The Balaban J connectivity index is 1.90. The first kappa shape index (κ1) is 18.2. The van der Waals surface area contributed by atoms with Crippen LogP contribution >= 0.6 is 0 Å². The predicted molar refractivity (Wildman–Crippen MR) is 87.2 cm³/mol. The molecule has 23 heavy (non-hydrogen) atoms. The lowest BCUT2D eigenvalue weighted by Crippen LogP contribution is -2.39. The summed E-state index contributed by atoms with van der Waals surface area (Å²) in [6, 6.07) is 6.61. The number of benzene rings is 1. The molecule has 7 heteroatoms. The van der Waals surface area contributed by atoms with Crippen LogP contribution in [0.25, 0.3) is 0 Å². The molecule has 0 radical (unpaired) electrons.